The number of methoxy groups -OCH3 is 2. The van der Waals surface area contributed by atoms with E-state index in [-0.39, 0.29) is 53.7 Å². The average molecular weight is 1030 g/mol. The van der Waals surface area contributed by atoms with E-state index in [1.807, 2.05) is 18.2 Å². The maximum atomic E-state index is 14.4. The number of ether oxygens (including phenoxy) is 11. The molecule has 5 aromatic carbocycles. The van der Waals surface area contributed by atoms with Gasteiger partial charge in [0, 0.05) is 11.8 Å². The molecular weight excluding hydrogens is 981 g/mol. The minimum absolute atomic E-state index is 0.0602. The third kappa shape index (κ3) is 9.70. The summed E-state index contributed by atoms with van der Waals surface area (Å²) >= 11 is 0. The first-order chi connectivity index (χ1) is 34.6. The molecular formula is C51H50O19S2. The molecule has 0 amide bonds. The van der Waals surface area contributed by atoms with Crippen LogP contribution in [-0.2, 0) is 68.4 Å². The standard InChI is InChI=1S/C51H50O19S2/c1-27-11-15-32(16-12-27)71(54,55)69-47-46-41(25-60-29(3)65-46)66-50(48(47)70-72(56,57)33-17-13-28(2)14-18-33)67-44-35-22-38-37(63-26-64-38)21-34(35)42(43-36(44)24-61-49(43)52)31-19-39(58-4)45(40(20-31)59-5)68-51(53)62-23-30-9-7-6-8-10-30/h6-22,29,36,41-44,46-48,50H,23-26H2,1-5H3/t29-,36+,41-,42-,43+,44-,46-,47+,48-,50+/m1/s1. The summed E-state index contributed by atoms with van der Waals surface area (Å²) in [5.41, 5.74) is 3.71. The molecule has 4 heterocycles. The van der Waals surface area contributed by atoms with Gasteiger partial charge in [0.05, 0.1) is 49.2 Å². The van der Waals surface area contributed by atoms with E-state index in [4.69, 9.17) is 60.5 Å². The van der Waals surface area contributed by atoms with E-state index in [2.05, 4.69) is 0 Å². The SMILES string of the molecule is COc1cc([C@@H]2c3cc4c(cc3[C@@H](O[C@@H]3O[C@@H]5CO[C@@H](C)O[C@H]5[C@H](OS(=O)(=O)c5ccc(C)cc5)[C@H]3OS(=O)(=O)c3ccc(C)cc3)[C@H]3COC(=O)[C@H]23)OCO4)cc(OC)c1OC(=O)OCc1ccccc1. The number of benzene rings is 5. The maximum absolute atomic E-state index is 14.4. The quantitative estimate of drug-likeness (QED) is 0.0634. The average Bonchev–Trinajstić information content (AvgIpc) is 4.00. The molecule has 1 aliphatic carbocycles. The number of aryl methyl sites for hydroxylation is 2. The van der Waals surface area contributed by atoms with Crippen molar-refractivity contribution in [3.63, 3.8) is 0 Å². The van der Waals surface area contributed by atoms with Gasteiger partial charge in [-0.3, -0.25) is 13.2 Å². The molecule has 0 aromatic heterocycles. The Kier molecular flexibility index (Phi) is 13.7. The van der Waals surface area contributed by atoms with Crippen molar-refractivity contribution in [1.29, 1.82) is 0 Å². The first-order valence-electron chi connectivity index (χ1n) is 22.9. The molecule has 4 aliphatic heterocycles. The Bertz CT molecular complexity index is 3030. The van der Waals surface area contributed by atoms with Crippen LogP contribution in [0.15, 0.2) is 113 Å². The first-order valence-corrected chi connectivity index (χ1v) is 25.7. The third-order valence-electron chi connectivity index (χ3n) is 13.2. The zero-order valence-electron chi connectivity index (χ0n) is 39.5. The number of hydrogen-bond donors (Lipinski definition) is 0. The van der Waals surface area contributed by atoms with Crippen LogP contribution in [0.5, 0.6) is 28.7 Å². The molecule has 10 rings (SSSR count). The normalized spacial score (nSPS) is 26.4. The van der Waals surface area contributed by atoms with E-state index >= 15 is 0 Å². The van der Waals surface area contributed by atoms with Crippen LogP contribution in [-0.4, -0.2) is 100 Å². The number of hydrogen-bond acceptors (Lipinski definition) is 19. The Morgan fingerprint density at radius 3 is 1.92 bits per heavy atom. The maximum Gasteiger partial charge on any atom is 0.514 e. The third-order valence-corrected chi connectivity index (χ3v) is 15.8. The highest BCUT2D eigenvalue weighted by Crippen LogP contribution is 2.57. The molecule has 0 N–H and O–H groups in total. The summed E-state index contributed by atoms with van der Waals surface area (Å²) in [7, 11) is -6.65. The molecule has 0 spiro atoms. The lowest BCUT2D eigenvalue weighted by molar-refractivity contribution is -0.357. The molecule has 72 heavy (non-hydrogen) atoms. The number of rotatable bonds is 14. The summed E-state index contributed by atoms with van der Waals surface area (Å²) in [5, 5.41) is 0. The Morgan fingerprint density at radius 2 is 1.31 bits per heavy atom. The summed E-state index contributed by atoms with van der Waals surface area (Å²) in [6, 6.07) is 27.5. The van der Waals surface area contributed by atoms with Gasteiger partial charge in [-0.15, -0.1) is 0 Å². The number of fused-ring (bicyclic) bond motifs is 4. The molecule has 19 nitrogen and oxygen atoms in total. The largest absolute Gasteiger partial charge is 0.514 e. The smallest absolute Gasteiger partial charge is 0.493 e. The van der Waals surface area contributed by atoms with Crippen molar-refractivity contribution < 1.29 is 86.9 Å². The van der Waals surface area contributed by atoms with Gasteiger partial charge in [-0.05, 0) is 91.6 Å². The van der Waals surface area contributed by atoms with Crippen molar-refractivity contribution >= 4 is 32.4 Å². The lowest BCUT2D eigenvalue weighted by atomic mass is 9.66. The van der Waals surface area contributed by atoms with Gasteiger partial charge in [0.2, 0.25) is 12.5 Å². The van der Waals surface area contributed by atoms with E-state index in [0.717, 1.165) is 16.7 Å². The molecule has 21 heteroatoms. The van der Waals surface area contributed by atoms with Gasteiger partial charge < -0.3 is 52.1 Å². The Morgan fingerprint density at radius 1 is 0.708 bits per heavy atom. The molecule has 5 aromatic rings. The molecule has 0 unspecified atom stereocenters. The van der Waals surface area contributed by atoms with E-state index in [9.17, 15) is 26.4 Å². The fourth-order valence-electron chi connectivity index (χ4n) is 9.64. The molecule has 380 valence electrons. The summed E-state index contributed by atoms with van der Waals surface area (Å²) in [6.07, 6.45) is -10.8. The molecule has 5 aliphatic rings. The van der Waals surface area contributed by atoms with Crippen molar-refractivity contribution in [2.75, 3.05) is 34.2 Å². The van der Waals surface area contributed by atoms with Crippen LogP contribution in [0.25, 0.3) is 0 Å². The highest BCUT2D eigenvalue weighted by molar-refractivity contribution is 7.87. The van der Waals surface area contributed by atoms with Crippen LogP contribution in [0.2, 0.25) is 0 Å². The van der Waals surface area contributed by atoms with Gasteiger partial charge in [0.25, 0.3) is 20.2 Å². The van der Waals surface area contributed by atoms with Crippen molar-refractivity contribution in [2.45, 2.75) is 86.2 Å². The van der Waals surface area contributed by atoms with E-state index in [1.165, 1.54) is 38.5 Å². The number of esters is 1. The van der Waals surface area contributed by atoms with Crippen LogP contribution in [0.1, 0.15) is 52.3 Å². The molecule has 10 atom stereocenters. The van der Waals surface area contributed by atoms with Crippen molar-refractivity contribution in [3.8, 4) is 28.7 Å². The Hall–Kier alpha value is -6.30. The number of cyclic esters (lactones) is 1. The van der Waals surface area contributed by atoms with Crippen LogP contribution >= 0.6 is 0 Å². The molecule has 0 saturated carbocycles. The van der Waals surface area contributed by atoms with Crippen molar-refractivity contribution in [3.05, 3.63) is 137 Å². The zero-order valence-corrected chi connectivity index (χ0v) is 41.1. The lowest BCUT2D eigenvalue weighted by Crippen LogP contribution is -2.65. The van der Waals surface area contributed by atoms with Gasteiger partial charge in [0.15, 0.2) is 41.7 Å². The first kappa shape index (κ1) is 49.3. The van der Waals surface area contributed by atoms with Gasteiger partial charge in [-0.2, -0.15) is 16.8 Å². The molecule has 3 saturated heterocycles. The summed E-state index contributed by atoms with van der Waals surface area (Å²) in [5.74, 6) is -2.53. The second-order valence-corrected chi connectivity index (χ2v) is 20.9. The molecule has 3 fully saturated rings. The summed E-state index contributed by atoms with van der Waals surface area (Å²) in [4.78, 5) is 26.9. The van der Waals surface area contributed by atoms with Crippen LogP contribution < -0.4 is 23.7 Å². The number of carbonyl (C=O) groups excluding carboxylic acids is 2. The van der Waals surface area contributed by atoms with E-state index < -0.39 is 93.2 Å². The summed E-state index contributed by atoms with van der Waals surface area (Å²) in [6.45, 7) is 4.66. The van der Waals surface area contributed by atoms with Gasteiger partial charge in [0.1, 0.15) is 24.9 Å². The van der Waals surface area contributed by atoms with Crippen LogP contribution in [0, 0.1) is 25.7 Å². The summed E-state index contributed by atoms with van der Waals surface area (Å²) < 4.78 is 135. The Balaban J connectivity index is 1.06. The molecule has 0 radical (unpaired) electrons. The van der Waals surface area contributed by atoms with Gasteiger partial charge in [-0.1, -0.05) is 65.7 Å². The Labute approximate surface area is 415 Å². The zero-order chi connectivity index (χ0) is 50.5. The lowest BCUT2D eigenvalue weighted by Gasteiger charge is -2.49. The predicted octanol–water partition coefficient (Wildman–Crippen LogP) is 6.79. The van der Waals surface area contributed by atoms with Crippen molar-refractivity contribution in [1.82, 2.24) is 0 Å². The van der Waals surface area contributed by atoms with Gasteiger partial charge in [-0.25, -0.2) is 4.79 Å². The monoisotopic (exact) mass is 1030 g/mol. The van der Waals surface area contributed by atoms with Crippen LogP contribution in [0.4, 0.5) is 4.79 Å². The minimum atomic E-state index is -4.74. The highest BCUT2D eigenvalue weighted by atomic mass is 32.2. The van der Waals surface area contributed by atoms with Crippen molar-refractivity contribution in [2.24, 2.45) is 11.8 Å². The minimum Gasteiger partial charge on any atom is -0.493 e. The van der Waals surface area contributed by atoms with E-state index in [1.54, 1.807) is 81.4 Å². The second-order valence-electron chi connectivity index (χ2n) is 17.8. The topological polar surface area (TPSA) is 222 Å². The number of carbonyl (C=O) groups is 2. The highest BCUT2D eigenvalue weighted by Gasteiger charge is 2.58. The van der Waals surface area contributed by atoms with E-state index in [0.29, 0.717) is 28.2 Å². The second kappa shape index (κ2) is 20.0. The fraction of sp³-hybridized carbons (Fsp3) is 0.373. The van der Waals surface area contributed by atoms with Crippen LogP contribution in [0.3, 0.4) is 0 Å². The van der Waals surface area contributed by atoms with Gasteiger partial charge >= 0.3 is 12.1 Å². The molecule has 0 bridgehead atoms. The fourth-order valence-corrected chi connectivity index (χ4v) is 11.8. The predicted molar refractivity (Wildman–Crippen MR) is 248 cm³/mol.